The van der Waals surface area contributed by atoms with E-state index in [0.717, 1.165) is 6.42 Å². The van der Waals surface area contributed by atoms with Crippen LogP contribution in [0.4, 0.5) is 0 Å². The van der Waals surface area contributed by atoms with Gasteiger partial charge in [0.05, 0.1) is 6.10 Å². The maximum Gasteiger partial charge on any atom is 0.0568 e. The van der Waals surface area contributed by atoms with Crippen molar-refractivity contribution in [2.45, 2.75) is 71.8 Å². The average Bonchev–Trinajstić information content (AvgIpc) is 2.14. The Morgan fingerprint density at radius 1 is 0.846 bits per heavy atom. The third kappa shape index (κ3) is 6.09. The maximum absolute atomic E-state index is 9.90. The zero-order valence-corrected chi connectivity index (χ0v) is 9.55. The quantitative estimate of drug-likeness (QED) is 0.612. The molecule has 0 heterocycles. The first-order valence-electron chi connectivity index (χ1n) is 5.94. The molecule has 80 valence electrons. The van der Waals surface area contributed by atoms with Crippen LogP contribution in [-0.4, -0.2) is 11.2 Å². The largest absolute Gasteiger partial charge is 0.393 e. The van der Waals surface area contributed by atoms with Crippen molar-refractivity contribution in [3.8, 4) is 0 Å². The average molecular weight is 186 g/mol. The summed E-state index contributed by atoms with van der Waals surface area (Å²) in [7, 11) is 0. The van der Waals surface area contributed by atoms with Crippen LogP contribution in [0.5, 0.6) is 0 Å². The van der Waals surface area contributed by atoms with Crippen LogP contribution in [0.1, 0.15) is 65.7 Å². The molecule has 0 aliphatic heterocycles. The second-order valence-corrected chi connectivity index (χ2v) is 4.05. The first kappa shape index (κ1) is 13.0. The smallest absolute Gasteiger partial charge is 0.0568 e. The van der Waals surface area contributed by atoms with E-state index in [0.29, 0.717) is 5.92 Å². The molecule has 1 N–H and O–H groups in total. The molecule has 0 radical (unpaired) electrons. The van der Waals surface area contributed by atoms with Gasteiger partial charge in [0.2, 0.25) is 0 Å². The zero-order chi connectivity index (χ0) is 10.1. The van der Waals surface area contributed by atoms with Crippen LogP contribution in [0.25, 0.3) is 0 Å². The summed E-state index contributed by atoms with van der Waals surface area (Å²) in [6.45, 7) is 6.59. The van der Waals surface area contributed by atoms with Gasteiger partial charge >= 0.3 is 0 Å². The minimum atomic E-state index is -0.0418. The van der Waals surface area contributed by atoms with E-state index >= 15 is 0 Å². The van der Waals surface area contributed by atoms with Gasteiger partial charge in [-0.2, -0.15) is 0 Å². The van der Waals surface area contributed by atoms with E-state index in [4.69, 9.17) is 0 Å². The molecule has 13 heavy (non-hydrogen) atoms. The Labute approximate surface area is 83.5 Å². The number of hydrogen-bond donors (Lipinski definition) is 1. The van der Waals surface area contributed by atoms with Crippen LogP contribution in [0.3, 0.4) is 0 Å². The number of unbranched alkanes of at least 4 members (excludes halogenated alkanes) is 1. The molecule has 0 aliphatic rings. The standard InChI is InChI=1S/C12H26O/c1-4-7-10-12(13)11(8-5-2)9-6-3/h11-13H,4-10H2,1-3H3. The highest BCUT2D eigenvalue weighted by atomic mass is 16.3. The highest BCUT2D eigenvalue weighted by Crippen LogP contribution is 2.21. The van der Waals surface area contributed by atoms with Gasteiger partial charge in [-0.25, -0.2) is 0 Å². The molecular weight excluding hydrogens is 160 g/mol. The maximum atomic E-state index is 9.90. The van der Waals surface area contributed by atoms with Crippen molar-refractivity contribution in [3.63, 3.8) is 0 Å². The number of aliphatic hydroxyl groups is 1. The first-order chi connectivity index (χ1) is 6.26. The molecule has 0 bridgehead atoms. The lowest BCUT2D eigenvalue weighted by molar-refractivity contribution is 0.0858. The minimum Gasteiger partial charge on any atom is -0.393 e. The summed E-state index contributed by atoms with van der Waals surface area (Å²) >= 11 is 0. The van der Waals surface area contributed by atoms with Crippen molar-refractivity contribution in [1.82, 2.24) is 0 Å². The van der Waals surface area contributed by atoms with E-state index in [1.807, 2.05) is 0 Å². The summed E-state index contributed by atoms with van der Waals surface area (Å²) in [4.78, 5) is 0. The SMILES string of the molecule is CCCCC(O)C(CCC)CCC. The van der Waals surface area contributed by atoms with Crippen LogP contribution in [0.15, 0.2) is 0 Å². The molecule has 1 heteroatoms. The molecule has 0 aromatic carbocycles. The topological polar surface area (TPSA) is 20.2 Å². The van der Waals surface area contributed by atoms with E-state index in [-0.39, 0.29) is 6.10 Å². The highest BCUT2D eigenvalue weighted by molar-refractivity contribution is 4.68. The van der Waals surface area contributed by atoms with Gasteiger partial charge in [0, 0.05) is 0 Å². The van der Waals surface area contributed by atoms with E-state index in [9.17, 15) is 5.11 Å². The fourth-order valence-electron chi connectivity index (χ4n) is 1.92. The second-order valence-electron chi connectivity index (χ2n) is 4.05. The van der Waals surface area contributed by atoms with Crippen molar-refractivity contribution in [3.05, 3.63) is 0 Å². The molecule has 1 atom stereocenters. The lowest BCUT2D eigenvalue weighted by atomic mass is 9.90. The molecule has 0 saturated heterocycles. The van der Waals surface area contributed by atoms with E-state index in [2.05, 4.69) is 20.8 Å². The van der Waals surface area contributed by atoms with E-state index < -0.39 is 0 Å². The molecule has 0 amide bonds. The predicted octanol–water partition coefficient (Wildman–Crippen LogP) is 3.75. The molecular formula is C12H26O. The third-order valence-corrected chi connectivity index (χ3v) is 2.72. The van der Waals surface area contributed by atoms with Gasteiger partial charge in [-0.05, 0) is 25.2 Å². The van der Waals surface area contributed by atoms with Gasteiger partial charge in [-0.15, -0.1) is 0 Å². The van der Waals surface area contributed by atoms with Crippen LogP contribution in [0, 0.1) is 5.92 Å². The van der Waals surface area contributed by atoms with Gasteiger partial charge in [-0.3, -0.25) is 0 Å². The Balaban J connectivity index is 3.72. The zero-order valence-electron chi connectivity index (χ0n) is 9.55. The van der Waals surface area contributed by atoms with Crippen LogP contribution in [0.2, 0.25) is 0 Å². The van der Waals surface area contributed by atoms with Gasteiger partial charge in [0.25, 0.3) is 0 Å². The minimum absolute atomic E-state index is 0.0418. The summed E-state index contributed by atoms with van der Waals surface area (Å²) in [5, 5.41) is 9.90. The fraction of sp³-hybridized carbons (Fsp3) is 1.00. The molecule has 0 aliphatic carbocycles. The monoisotopic (exact) mass is 186 g/mol. The summed E-state index contributed by atoms with van der Waals surface area (Å²) in [6.07, 6.45) is 8.12. The predicted molar refractivity (Wildman–Crippen MR) is 58.8 cm³/mol. The second kappa shape index (κ2) is 8.55. The Bertz CT molecular complexity index is 95.3. The molecule has 0 fully saturated rings. The first-order valence-corrected chi connectivity index (χ1v) is 5.94. The van der Waals surface area contributed by atoms with Crippen molar-refractivity contribution in [2.24, 2.45) is 5.92 Å². The van der Waals surface area contributed by atoms with Crippen molar-refractivity contribution >= 4 is 0 Å². The number of hydrogen-bond acceptors (Lipinski definition) is 1. The Morgan fingerprint density at radius 3 is 1.77 bits per heavy atom. The molecule has 0 aromatic heterocycles. The fourth-order valence-corrected chi connectivity index (χ4v) is 1.92. The van der Waals surface area contributed by atoms with E-state index in [1.165, 1.54) is 38.5 Å². The summed E-state index contributed by atoms with van der Waals surface area (Å²) in [5.74, 6) is 0.557. The van der Waals surface area contributed by atoms with Crippen molar-refractivity contribution < 1.29 is 5.11 Å². The van der Waals surface area contributed by atoms with Crippen LogP contribution in [-0.2, 0) is 0 Å². The Hall–Kier alpha value is -0.0400. The summed E-state index contributed by atoms with van der Waals surface area (Å²) in [5.41, 5.74) is 0. The number of aliphatic hydroxyl groups excluding tert-OH is 1. The third-order valence-electron chi connectivity index (χ3n) is 2.72. The lowest BCUT2D eigenvalue weighted by Crippen LogP contribution is -2.20. The summed E-state index contributed by atoms with van der Waals surface area (Å²) in [6, 6.07) is 0. The Morgan fingerprint density at radius 2 is 1.38 bits per heavy atom. The lowest BCUT2D eigenvalue weighted by Gasteiger charge is -2.21. The molecule has 0 aromatic rings. The normalized spacial score (nSPS) is 13.6. The van der Waals surface area contributed by atoms with Gasteiger partial charge in [0.15, 0.2) is 0 Å². The Kier molecular flexibility index (Phi) is 8.53. The molecule has 1 unspecified atom stereocenters. The van der Waals surface area contributed by atoms with Crippen LogP contribution < -0.4 is 0 Å². The van der Waals surface area contributed by atoms with E-state index in [1.54, 1.807) is 0 Å². The number of rotatable bonds is 8. The molecule has 1 nitrogen and oxygen atoms in total. The van der Waals surface area contributed by atoms with Crippen LogP contribution >= 0.6 is 0 Å². The van der Waals surface area contributed by atoms with Gasteiger partial charge < -0.3 is 5.11 Å². The molecule has 0 rings (SSSR count). The summed E-state index contributed by atoms with van der Waals surface area (Å²) < 4.78 is 0. The molecule has 0 spiro atoms. The van der Waals surface area contributed by atoms with Gasteiger partial charge in [-0.1, -0.05) is 46.5 Å². The van der Waals surface area contributed by atoms with Gasteiger partial charge in [0.1, 0.15) is 0 Å². The highest BCUT2D eigenvalue weighted by Gasteiger charge is 2.16. The van der Waals surface area contributed by atoms with Crippen molar-refractivity contribution in [1.29, 1.82) is 0 Å². The molecule has 0 saturated carbocycles. The van der Waals surface area contributed by atoms with Crippen molar-refractivity contribution in [2.75, 3.05) is 0 Å².